The van der Waals surface area contributed by atoms with Crippen molar-refractivity contribution in [3.05, 3.63) is 24.7 Å². The van der Waals surface area contributed by atoms with E-state index in [1.165, 1.54) is 25.9 Å². The number of nitrogens with zero attached hydrogens (tertiary/aromatic N) is 6. The summed E-state index contributed by atoms with van der Waals surface area (Å²) >= 11 is 0. The molecule has 2 aromatic heterocycles. The normalized spacial score (nSPS) is 30.4. The molecule has 2 aromatic rings. The molecule has 130 valence electrons. The number of nitrogens with one attached hydrogen (secondary N) is 1. The van der Waals surface area contributed by atoms with Gasteiger partial charge in [-0.15, -0.1) is 0 Å². The van der Waals surface area contributed by atoms with E-state index in [1.807, 2.05) is 19.2 Å². The lowest BCUT2D eigenvalue weighted by molar-refractivity contribution is -0.0829. The summed E-state index contributed by atoms with van der Waals surface area (Å²) in [6, 6.07) is 4.39. The maximum absolute atomic E-state index is 6.30. The minimum atomic E-state index is -0.142. The van der Waals surface area contributed by atoms with Crippen LogP contribution in [-0.2, 0) is 11.8 Å². The molecule has 0 aliphatic carbocycles. The Labute approximate surface area is 145 Å². The van der Waals surface area contributed by atoms with Gasteiger partial charge in [-0.05, 0) is 32.0 Å². The fourth-order valence-electron chi connectivity index (χ4n) is 4.25. The smallest absolute Gasteiger partial charge is 0.291 e. The van der Waals surface area contributed by atoms with Gasteiger partial charge >= 0.3 is 0 Å². The number of ether oxygens (including phenoxy) is 1. The fraction of sp³-hybridized carbons (Fsp3) is 0.529. The van der Waals surface area contributed by atoms with Crippen molar-refractivity contribution >= 4 is 11.8 Å². The van der Waals surface area contributed by atoms with E-state index in [0.29, 0.717) is 17.8 Å². The summed E-state index contributed by atoms with van der Waals surface area (Å²) < 4.78 is 8.09. The first kappa shape index (κ1) is 14.8. The average Bonchev–Trinajstić information content (AvgIpc) is 3.23. The Balaban J connectivity index is 1.33. The van der Waals surface area contributed by atoms with E-state index in [4.69, 9.17) is 4.74 Å². The van der Waals surface area contributed by atoms with Gasteiger partial charge in [0, 0.05) is 31.8 Å². The first-order valence-electron chi connectivity index (χ1n) is 8.75. The predicted molar refractivity (Wildman–Crippen MR) is 93.1 cm³/mol. The van der Waals surface area contributed by atoms with Gasteiger partial charge in [0.25, 0.3) is 6.02 Å². The summed E-state index contributed by atoms with van der Waals surface area (Å²) in [5.41, 5.74) is 1.61. The Morgan fingerprint density at radius 1 is 1.28 bits per heavy atom. The maximum atomic E-state index is 6.30. The molecule has 1 unspecified atom stereocenters. The average molecular weight is 339 g/mol. The second-order valence-corrected chi connectivity index (χ2v) is 7.09. The van der Waals surface area contributed by atoms with Crippen LogP contribution in [0.2, 0.25) is 0 Å². The van der Waals surface area contributed by atoms with Crippen LogP contribution < -0.4 is 5.32 Å². The van der Waals surface area contributed by atoms with Crippen LogP contribution in [0.5, 0.6) is 0 Å². The number of anilines is 1. The molecule has 1 spiro atoms. The predicted octanol–water partition coefficient (Wildman–Crippen LogP) is 1.14. The van der Waals surface area contributed by atoms with Crippen LogP contribution in [0.25, 0.3) is 11.4 Å². The molecule has 6 rings (SSSR count). The van der Waals surface area contributed by atoms with Crippen LogP contribution in [0.3, 0.4) is 0 Å². The largest absolute Gasteiger partial charge is 0.455 e. The molecule has 6 heterocycles. The van der Waals surface area contributed by atoms with Crippen molar-refractivity contribution in [3.8, 4) is 11.4 Å². The van der Waals surface area contributed by atoms with E-state index in [1.54, 1.807) is 17.2 Å². The molecule has 1 atom stereocenters. The molecule has 0 saturated carbocycles. The van der Waals surface area contributed by atoms with Gasteiger partial charge in [-0.1, -0.05) is 0 Å². The van der Waals surface area contributed by atoms with Gasteiger partial charge in [0.1, 0.15) is 17.7 Å². The van der Waals surface area contributed by atoms with E-state index in [-0.39, 0.29) is 5.60 Å². The third kappa shape index (κ3) is 2.48. The van der Waals surface area contributed by atoms with Gasteiger partial charge in [0.05, 0.1) is 17.9 Å². The molecular weight excluding hydrogens is 318 g/mol. The zero-order valence-electron chi connectivity index (χ0n) is 14.2. The summed E-state index contributed by atoms with van der Waals surface area (Å²) in [4.78, 5) is 15.7. The third-order valence-electron chi connectivity index (χ3n) is 5.60. The molecule has 0 aromatic carbocycles. The molecule has 0 amide bonds. The Morgan fingerprint density at radius 2 is 2.16 bits per heavy atom. The molecule has 25 heavy (non-hydrogen) atoms. The Hall–Kier alpha value is -2.48. The van der Waals surface area contributed by atoms with Crippen molar-refractivity contribution in [2.24, 2.45) is 18.0 Å². The number of aromatic nitrogens is 4. The number of fused-ring (bicyclic) bond motifs is 2. The molecular formula is C17H21N7O. The van der Waals surface area contributed by atoms with E-state index in [9.17, 15) is 0 Å². The summed E-state index contributed by atoms with van der Waals surface area (Å²) in [6.07, 6.45) is 5.72. The highest BCUT2D eigenvalue weighted by molar-refractivity contribution is 5.90. The fourth-order valence-corrected chi connectivity index (χ4v) is 4.25. The van der Waals surface area contributed by atoms with Gasteiger partial charge in [0.2, 0.25) is 0 Å². The quantitative estimate of drug-likeness (QED) is 0.884. The van der Waals surface area contributed by atoms with Gasteiger partial charge in [-0.2, -0.15) is 5.10 Å². The Bertz CT molecular complexity index is 824. The van der Waals surface area contributed by atoms with E-state index >= 15 is 0 Å². The molecule has 8 heteroatoms. The number of piperidine rings is 3. The lowest BCUT2D eigenvalue weighted by Gasteiger charge is -2.50. The van der Waals surface area contributed by atoms with Crippen molar-refractivity contribution in [2.45, 2.75) is 18.4 Å². The van der Waals surface area contributed by atoms with Crippen LogP contribution in [-0.4, -0.2) is 62.5 Å². The van der Waals surface area contributed by atoms with Crippen LogP contribution in [0.15, 0.2) is 29.6 Å². The molecule has 3 fully saturated rings. The second kappa shape index (κ2) is 5.52. The molecule has 8 nitrogen and oxygen atoms in total. The third-order valence-corrected chi connectivity index (χ3v) is 5.60. The van der Waals surface area contributed by atoms with Crippen molar-refractivity contribution in [1.29, 1.82) is 0 Å². The van der Waals surface area contributed by atoms with Gasteiger partial charge in [0.15, 0.2) is 0 Å². The van der Waals surface area contributed by atoms with Crippen LogP contribution in [0.1, 0.15) is 12.8 Å². The summed E-state index contributed by atoms with van der Waals surface area (Å²) in [5.74, 6) is 1.29. The highest BCUT2D eigenvalue weighted by Gasteiger charge is 2.51. The highest BCUT2D eigenvalue weighted by atomic mass is 16.5. The summed E-state index contributed by atoms with van der Waals surface area (Å²) in [7, 11) is 1.89. The SMILES string of the molecule is Cn1nccc1-c1cc(NC2=NCC3(CN4CCC3CC4)O2)ncn1. The first-order chi connectivity index (χ1) is 12.2. The zero-order chi connectivity index (χ0) is 16.9. The van der Waals surface area contributed by atoms with E-state index in [0.717, 1.165) is 24.5 Å². The van der Waals surface area contributed by atoms with E-state index < -0.39 is 0 Å². The number of hydrogen-bond donors (Lipinski definition) is 1. The van der Waals surface area contributed by atoms with Crippen molar-refractivity contribution < 1.29 is 4.74 Å². The lowest BCUT2D eigenvalue weighted by atomic mass is 9.75. The minimum Gasteiger partial charge on any atom is -0.455 e. The highest BCUT2D eigenvalue weighted by Crippen LogP contribution is 2.40. The van der Waals surface area contributed by atoms with Crippen molar-refractivity contribution in [3.63, 3.8) is 0 Å². The van der Waals surface area contributed by atoms with Crippen LogP contribution in [0, 0.1) is 5.92 Å². The Morgan fingerprint density at radius 3 is 2.88 bits per heavy atom. The molecule has 2 bridgehead atoms. The number of rotatable bonds is 2. The molecule has 4 aliphatic heterocycles. The van der Waals surface area contributed by atoms with Gasteiger partial charge in [-0.3, -0.25) is 14.9 Å². The maximum Gasteiger partial charge on any atom is 0.291 e. The molecule has 1 N–H and O–H groups in total. The van der Waals surface area contributed by atoms with Crippen LogP contribution >= 0.6 is 0 Å². The minimum absolute atomic E-state index is 0.142. The Kier molecular flexibility index (Phi) is 3.27. The molecule has 4 aliphatic rings. The first-order valence-corrected chi connectivity index (χ1v) is 8.75. The van der Waals surface area contributed by atoms with Crippen LogP contribution in [0.4, 0.5) is 5.82 Å². The molecule has 3 saturated heterocycles. The monoisotopic (exact) mass is 339 g/mol. The second-order valence-electron chi connectivity index (χ2n) is 7.09. The van der Waals surface area contributed by atoms with Gasteiger partial charge < -0.3 is 4.74 Å². The van der Waals surface area contributed by atoms with Gasteiger partial charge in [-0.25, -0.2) is 15.0 Å². The summed E-state index contributed by atoms with van der Waals surface area (Å²) in [6.45, 7) is 4.10. The standard InChI is InChI=1S/C17H21N7O/c1-23-14(2-5-21-23)13-8-15(20-11-19-13)22-16-18-9-17(25-16)10-24-6-3-12(17)4-7-24/h2,5,8,11-12H,3-4,6-7,9-10H2,1H3,(H,18,19,20,22). The summed E-state index contributed by atoms with van der Waals surface area (Å²) in [5, 5.41) is 7.41. The number of hydrogen-bond acceptors (Lipinski definition) is 7. The molecule has 0 radical (unpaired) electrons. The number of amidine groups is 1. The van der Waals surface area contributed by atoms with Crippen molar-refractivity contribution in [2.75, 3.05) is 31.5 Å². The zero-order valence-corrected chi connectivity index (χ0v) is 14.2. The lowest BCUT2D eigenvalue weighted by Crippen LogP contribution is -2.61. The van der Waals surface area contributed by atoms with E-state index in [2.05, 4.69) is 30.3 Å². The number of aryl methyl sites for hydroxylation is 1. The number of aliphatic imine (C=N–C) groups is 1. The topological polar surface area (TPSA) is 80.5 Å². The van der Waals surface area contributed by atoms with Crippen molar-refractivity contribution in [1.82, 2.24) is 24.6 Å².